The second kappa shape index (κ2) is 33.8. The molecule has 296 valence electrons. The highest BCUT2D eigenvalue weighted by atomic mass is 31.2. The third kappa shape index (κ3) is 37.5. The van der Waals surface area contributed by atoms with Crippen molar-refractivity contribution in [1.82, 2.24) is 0 Å². The summed E-state index contributed by atoms with van der Waals surface area (Å²) in [6.07, 6.45) is 37.0. The summed E-state index contributed by atoms with van der Waals surface area (Å²) in [5.74, 6) is -0.873. The molecule has 0 bridgehead atoms. The predicted molar refractivity (Wildman–Crippen MR) is 208 cm³/mol. The Morgan fingerprint density at radius 1 is 0.608 bits per heavy atom. The molecule has 0 heterocycles. The molecule has 0 aliphatic rings. The van der Waals surface area contributed by atoms with Gasteiger partial charge in [-0.25, -0.2) is 0 Å². The molecule has 0 aliphatic heterocycles. The lowest BCUT2D eigenvalue weighted by Crippen LogP contribution is -2.37. The maximum atomic E-state index is 12.6. The van der Waals surface area contributed by atoms with Crippen LogP contribution in [0.4, 0.5) is 0 Å². The molecule has 0 radical (unpaired) electrons. The number of phosphoric ester groups is 1. The van der Waals surface area contributed by atoms with E-state index in [9.17, 15) is 19.0 Å². The van der Waals surface area contributed by atoms with Crippen LogP contribution in [0.25, 0.3) is 0 Å². The summed E-state index contributed by atoms with van der Waals surface area (Å²) >= 11 is 0. The van der Waals surface area contributed by atoms with Crippen molar-refractivity contribution < 1.29 is 42.1 Å². The smallest absolute Gasteiger partial charge is 0.306 e. The lowest BCUT2D eigenvalue weighted by atomic mass is 10.1. The number of esters is 2. The summed E-state index contributed by atoms with van der Waals surface area (Å²) in [7, 11) is 1.14. The SMILES string of the molecule is CCC/C=C\C/C=C\CCCCCCCC(=O)OCC(COP(=O)([O-])OCC[N+](C)(C)C)OC(=O)CCCCCCC/C=C\C/C=C\CCCC. The molecule has 0 aliphatic carbocycles. The molecule has 0 aromatic rings. The van der Waals surface area contributed by atoms with Crippen molar-refractivity contribution >= 4 is 19.8 Å². The van der Waals surface area contributed by atoms with Crippen LogP contribution in [0.3, 0.4) is 0 Å². The highest BCUT2D eigenvalue weighted by Gasteiger charge is 2.21. The van der Waals surface area contributed by atoms with Gasteiger partial charge in [0.1, 0.15) is 19.8 Å². The molecule has 2 unspecified atom stereocenters. The molecule has 0 amide bonds. The number of unbranched alkanes of at least 4 members (excludes halogenated alkanes) is 13. The lowest BCUT2D eigenvalue weighted by Gasteiger charge is -2.28. The van der Waals surface area contributed by atoms with Crippen molar-refractivity contribution in [2.45, 2.75) is 155 Å². The standard InChI is InChI=1S/C41H74NO8P/c1-6-8-10-12-14-16-18-20-22-24-26-28-30-32-34-41(44)50-39(38-49-51(45,46)48-36-35-42(3,4)5)37-47-40(43)33-31-29-27-25-23-21-19-17-15-13-11-9-7-2/h11-14,17-20,39H,6-10,15-16,21-38H2,1-5H3/b13-11-,14-12-,19-17-,20-18-. The van der Waals surface area contributed by atoms with Crippen molar-refractivity contribution in [2.24, 2.45) is 0 Å². The zero-order valence-electron chi connectivity index (χ0n) is 33.0. The molecule has 0 saturated heterocycles. The largest absolute Gasteiger partial charge is 0.756 e. The molecule has 10 heteroatoms. The van der Waals surface area contributed by atoms with E-state index in [1.54, 1.807) is 0 Å². The molecule has 51 heavy (non-hydrogen) atoms. The van der Waals surface area contributed by atoms with Crippen molar-refractivity contribution in [3.05, 3.63) is 48.6 Å². The van der Waals surface area contributed by atoms with Gasteiger partial charge in [-0.05, 0) is 64.2 Å². The molecule has 0 saturated carbocycles. The average molecular weight is 740 g/mol. The van der Waals surface area contributed by atoms with E-state index in [0.717, 1.165) is 89.9 Å². The Bertz CT molecular complexity index is 1020. The van der Waals surface area contributed by atoms with Crippen LogP contribution in [0.15, 0.2) is 48.6 Å². The van der Waals surface area contributed by atoms with Crippen LogP contribution in [0.1, 0.15) is 149 Å². The third-order valence-corrected chi connectivity index (χ3v) is 9.02. The van der Waals surface area contributed by atoms with Gasteiger partial charge in [0.05, 0.1) is 27.7 Å². The minimum atomic E-state index is -4.63. The number of nitrogens with zero attached hydrogens (tertiary/aromatic N) is 1. The van der Waals surface area contributed by atoms with Crippen LogP contribution >= 0.6 is 7.82 Å². The van der Waals surface area contributed by atoms with E-state index in [4.69, 9.17) is 18.5 Å². The van der Waals surface area contributed by atoms with Crippen molar-refractivity contribution in [1.29, 1.82) is 0 Å². The molecule has 0 fully saturated rings. The van der Waals surface area contributed by atoms with E-state index in [-0.39, 0.29) is 26.1 Å². The maximum Gasteiger partial charge on any atom is 0.306 e. The zero-order chi connectivity index (χ0) is 37.9. The van der Waals surface area contributed by atoms with Crippen LogP contribution in [0.5, 0.6) is 0 Å². The summed E-state index contributed by atoms with van der Waals surface area (Å²) in [5, 5.41) is 0. The van der Waals surface area contributed by atoms with Crippen molar-refractivity contribution in [2.75, 3.05) is 47.5 Å². The fraction of sp³-hybridized carbons (Fsp3) is 0.756. The quantitative estimate of drug-likeness (QED) is 0.0208. The monoisotopic (exact) mass is 740 g/mol. The first-order chi connectivity index (χ1) is 24.5. The number of phosphoric acid groups is 1. The maximum absolute atomic E-state index is 12.6. The van der Waals surface area contributed by atoms with Crippen LogP contribution < -0.4 is 4.89 Å². The number of ether oxygens (including phenoxy) is 2. The zero-order valence-corrected chi connectivity index (χ0v) is 33.9. The Kier molecular flexibility index (Phi) is 32.4. The van der Waals surface area contributed by atoms with E-state index >= 15 is 0 Å². The van der Waals surface area contributed by atoms with E-state index in [1.165, 1.54) is 19.3 Å². The number of allylic oxidation sites excluding steroid dienone is 8. The fourth-order valence-corrected chi connectivity index (χ4v) is 5.61. The highest BCUT2D eigenvalue weighted by Crippen LogP contribution is 2.38. The van der Waals surface area contributed by atoms with Gasteiger partial charge >= 0.3 is 11.9 Å². The number of rotatable bonds is 35. The number of hydrogen-bond donors (Lipinski definition) is 0. The van der Waals surface area contributed by atoms with Gasteiger partial charge in [-0.3, -0.25) is 14.2 Å². The highest BCUT2D eigenvalue weighted by molar-refractivity contribution is 7.45. The number of hydrogen-bond acceptors (Lipinski definition) is 8. The van der Waals surface area contributed by atoms with E-state index in [2.05, 4.69) is 62.5 Å². The number of likely N-dealkylation sites (N-methyl/N-ethyl adjacent to an activating group) is 1. The Labute approximate surface area is 312 Å². The first-order valence-electron chi connectivity index (χ1n) is 19.8. The van der Waals surface area contributed by atoms with E-state index < -0.39 is 32.5 Å². The minimum Gasteiger partial charge on any atom is -0.756 e. The van der Waals surface area contributed by atoms with Gasteiger partial charge in [0.25, 0.3) is 7.82 Å². The van der Waals surface area contributed by atoms with Crippen LogP contribution in [0.2, 0.25) is 0 Å². The van der Waals surface area contributed by atoms with Gasteiger partial charge in [0.2, 0.25) is 0 Å². The topological polar surface area (TPSA) is 111 Å². The van der Waals surface area contributed by atoms with Gasteiger partial charge in [-0.1, -0.05) is 120 Å². The molecule has 9 nitrogen and oxygen atoms in total. The van der Waals surface area contributed by atoms with Crippen LogP contribution in [-0.2, 0) is 32.7 Å². The Morgan fingerprint density at radius 3 is 1.63 bits per heavy atom. The first-order valence-corrected chi connectivity index (χ1v) is 21.3. The second-order valence-electron chi connectivity index (χ2n) is 14.3. The van der Waals surface area contributed by atoms with Gasteiger partial charge in [0, 0.05) is 12.8 Å². The van der Waals surface area contributed by atoms with Gasteiger partial charge in [-0.15, -0.1) is 0 Å². The molecule has 2 atom stereocenters. The van der Waals surface area contributed by atoms with E-state index in [0.29, 0.717) is 23.9 Å². The summed E-state index contributed by atoms with van der Waals surface area (Å²) in [5.41, 5.74) is 0. The Morgan fingerprint density at radius 2 is 1.10 bits per heavy atom. The summed E-state index contributed by atoms with van der Waals surface area (Å²) < 4.78 is 33.7. The van der Waals surface area contributed by atoms with Gasteiger partial charge in [0.15, 0.2) is 6.10 Å². The van der Waals surface area contributed by atoms with Crippen LogP contribution in [-0.4, -0.2) is 70.0 Å². The average Bonchev–Trinajstić information content (AvgIpc) is 3.07. The summed E-state index contributed by atoms with van der Waals surface area (Å²) in [6.45, 7) is 4.06. The van der Waals surface area contributed by atoms with Crippen molar-refractivity contribution in [3.8, 4) is 0 Å². The number of carbonyl (C=O) groups excluding carboxylic acids is 2. The molecule has 0 rings (SSSR count). The summed E-state index contributed by atoms with van der Waals surface area (Å²) in [4.78, 5) is 37.4. The molecule has 0 spiro atoms. The normalized spacial score (nSPS) is 14.2. The fourth-order valence-electron chi connectivity index (χ4n) is 4.88. The predicted octanol–water partition coefficient (Wildman–Crippen LogP) is 10.1. The lowest BCUT2D eigenvalue weighted by molar-refractivity contribution is -0.870. The minimum absolute atomic E-state index is 0.0378. The Hall–Kier alpha value is -2.03. The molecule has 0 aromatic carbocycles. The number of quaternary nitrogens is 1. The number of carbonyl (C=O) groups is 2. The third-order valence-electron chi connectivity index (χ3n) is 8.05. The molecule has 0 aromatic heterocycles. The van der Waals surface area contributed by atoms with Crippen LogP contribution in [0, 0.1) is 0 Å². The molecule has 0 N–H and O–H groups in total. The summed E-state index contributed by atoms with van der Waals surface area (Å²) in [6, 6.07) is 0. The first kappa shape index (κ1) is 49.0. The Balaban J connectivity index is 4.48. The molecular formula is C41H74NO8P. The van der Waals surface area contributed by atoms with Gasteiger partial charge < -0.3 is 27.9 Å². The second-order valence-corrected chi connectivity index (χ2v) is 15.7. The van der Waals surface area contributed by atoms with Crippen molar-refractivity contribution in [3.63, 3.8) is 0 Å². The van der Waals surface area contributed by atoms with Gasteiger partial charge in [-0.2, -0.15) is 0 Å². The van der Waals surface area contributed by atoms with E-state index in [1.807, 2.05) is 21.1 Å². The molecular weight excluding hydrogens is 665 g/mol.